The standard InChI is InChI=1S/C18H28NO3/c1-14(2)16(15-9-7-6-8-10-15)19(20)17(3,4)13-18(5)21-11-12-22-18/h6-10,14,16H,11-13H2,1-5H3. The van der Waals surface area contributed by atoms with E-state index in [0.717, 1.165) is 5.56 Å². The monoisotopic (exact) mass is 306 g/mol. The van der Waals surface area contributed by atoms with Crippen molar-refractivity contribution in [2.75, 3.05) is 13.2 Å². The van der Waals surface area contributed by atoms with Crippen LogP contribution in [-0.2, 0) is 14.7 Å². The summed E-state index contributed by atoms with van der Waals surface area (Å²) in [6.45, 7) is 11.2. The van der Waals surface area contributed by atoms with Crippen molar-refractivity contribution >= 4 is 0 Å². The number of nitrogens with zero attached hydrogens (tertiary/aromatic N) is 1. The highest BCUT2D eigenvalue weighted by Crippen LogP contribution is 2.38. The molecule has 1 fully saturated rings. The van der Waals surface area contributed by atoms with Crippen molar-refractivity contribution < 1.29 is 14.7 Å². The van der Waals surface area contributed by atoms with Gasteiger partial charge in [0.25, 0.3) is 0 Å². The summed E-state index contributed by atoms with van der Waals surface area (Å²) in [5.74, 6) is -0.443. The average Bonchev–Trinajstić information content (AvgIpc) is 2.85. The lowest BCUT2D eigenvalue weighted by molar-refractivity contribution is -0.278. The van der Waals surface area contributed by atoms with Crippen molar-refractivity contribution in [1.82, 2.24) is 5.06 Å². The number of hydrogen-bond donors (Lipinski definition) is 0. The topological polar surface area (TPSA) is 41.6 Å². The Balaban J connectivity index is 2.20. The molecule has 1 atom stereocenters. The maximum atomic E-state index is 13.1. The Morgan fingerprint density at radius 3 is 2.23 bits per heavy atom. The Kier molecular flexibility index (Phi) is 5.28. The Labute approximate surface area is 134 Å². The lowest BCUT2D eigenvalue weighted by Gasteiger charge is -2.42. The van der Waals surface area contributed by atoms with Crippen LogP contribution in [0.4, 0.5) is 0 Å². The third kappa shape index (κ3) is 3.87. The lowest BCUT2D eigenvalue weighted by atomic mass is 9.88. The van der Waals surface area contributed by atoms with Crippen LogP contribution in [-0.4, -0.2) is 29.6 Å². The molecule has 1 saturated heterocycles. The number of hydrogen-bond acceptors (Lipinski definition) is 3. The van der Waals surface area contributed by atoms with Crippen LogP contribution in [0.5, 0.6) is 0 Å². The third-order valence-corrected chi connectivity index (χ3v) is 4.27. The summed E-state index contributed by atoms with van der Waals surface area (Å²) in [5, 5.41) is 14.4. The summed E-state index contributed by atoms with van der Waals surface area (Å²) in [7, 11) is 0. The first-order valence-electron chi connectivity index (χ1n) is 8.04. The molecule has 0 bridgehead atoms. The van der Waals surface area contributed by atoms with Crippen LogP contribution >= 0.6 is 0 Å². The second-order valence-electron chi connectivity index (χ2n) is 7.25. The number of benzene rings is 1. The molecule has 1 aromatic carbocycles. The van der Waals surface area contributed by atoms with Gasteiger partial charge in [0, 0.05) is 12.0 Å². The van der Waals surface area contributed by atoms with Crippen LogP contribution in [0.25, 0.3) is 0 Å². The van der Waals surface area contributed by atoms with Gasteiger partial charge in [-0.25, -0.2) is 0 Å². The summed E-state index contributed by atoms with van der Waals surface area (Å²) in [6, 6.07) is 9.81. The fraction of sp³-hybridized carbons (Fsp3) is 0.667. The van der Waals surface area contributed by atoms with Gasteiger partial charge in [0.15, 0.2) is 5.79 Å². The molecule has 1 heterocycles. The highest BCUT2D eigenvalue weighted by Gasteiger charge is 2.43. The number of hydroxylamine groups is 2. The van der Waals surface area contributed by atoms with Gasteiger partial charge in [-0.15, -0.1) is 10.3 Å². The minimum atomic E-state index is -0.662. The van der Waals surface area contributed by atoms with E-state index < -0.39 is 11.3 Å². The highest BCUT2D eigenvalue weighted by atomic mass is 16.7. The van der Waals surface area contributed by atoms with Gasteiger partial charge in [0.1, 0.15) is 0 Å². The molecule has 1 aliphatic rings. The molecule has 0 saturated carbocycles. The minimum absolute atomic E-state index is 0.179. The van der Waals surface area contributed by atoms with E-state index in [0.29, 0.717) is 19.6 Å². The Morgan fingerprint density at radius 2 is 1.73 bits per heavy atom. The summed E-state index contributed by atoms with van der Waals surface area (Å²) in [6.07, 6.45) is 0.541. The number of ether oxygens (including phenoxy) is 2. The summed E-state index contributed by atoms with van der Waals surface area (Å²) < 4.78 is 11.4. The molecule has 0 aliphatic carbocycles. The molecule has 1 unspecified atom stereocenters. The van der Waals surface area contributed by atoms with Gasteiger partial charge in [0.2, 0.25) is 0 Å². The van der Waals surface area contributed by atoms with E-state index >= 15 is 0 Å². The quantitative estimate of drug-likeness (QED) is 0.747. The fourth-order valence-electron chi connectivity index (χ4n) is 3.34. The predicted octanol–water partition coefficient (Wildman–Crippen LogP) is 3.96. The Morgan fingerprint density at radius 1 is 1.18 bits per heavy atom. The first-order chi connectivity index (χ1) is 10.3. The zero-order valence-corrected chi connectivity index (χ0v) is 14.3. The first kappa shape index (κ1) is 17.4. The molecule has 1 aliphatic heterocycles. The molecule has 123 valence electrons. The van der Waals surface area contributed by atoms with Gasteiger partial charge in [-0.3, -0.25) is 0 Å². The first-order valence-corrected chi connectivity index (χ1v) is 8.04. The normalized spacial score (nSPS) is 19.8. The molecular weight excluding hydrogens is 278 g/mol. The van der Waals surface area contributed by atoms with E-state index in [1.807, 2.05) is 51.1 Å². The molecule has 22 heavy (non-hydrogen) atoms. The van der Waals surface area contributed by atoms with Gasteiger partial charge in [-0.1, -0.05) is 44.2 Å². The Bertz CT molecular complexity index is 466. The third-order valence-electron chi connectivity index (χ3n) is 4.27. The molecule has 0 aromatic heterocycles. The zero-order valence-electron chi connectivity index (χ0n) is 14.3. The van der Waals surface area contributed by atoms with Gasteiger partial charge in [-0.05, 0) is 32.3 Å². The lowest BCUT2D eigenvalue weighted by Crippen LogP contribution is -2.49. The molecule has 0 spiro atoms. The highest BCUT2D eigenvalue weighted by molar-refractivity contribution is 5.19. The van der Waals surface area contributed by atoms with Crippen molar-refractivity contribution in [2.24, 2.45) is 5.92 Å². The van der Waals surface area contributed by atoms with E-state index in [1.165, 1.54) is 5.06 Å². The molecule has 0 N–H and O–H groups in total. The van der Waals surface area contributed by atoms with Crippen LogP contribution in [0.15, 0.2) is 30.3 Å². The van der Waals surface area contributed by atoms with E-state index in [9.17, 15) is 5.21 Å². The average molecular weight is 306 g/mol. The van der Waals surface area contributed by atoms with Gasteiger partial charge in [-0.2, -0.15) is 0 Å². The molecule has 1 aromatic rings. The second kappa shape index (κ2) is 6.67. The van der Waals surface area contributed by atoms with Crippen LogP contribution in [0.1, 0.15) is 52.6 Å². The van der Waals surface area contributed by atoms with Gasteiger partial charge < -0.3 is 9.47 Å². The van der Waals surface area contributed by atoms with Crippen molar-refractivity contribution in [2.45, 2.75) is 58.4 Å². The van der Waals surface area contributed by atoms with Crippen molar-refractivity contribution in [1.29, 1.82) is 0 Å². The van der Waals surface area contributed by atoms with Crippen LogP contribution < -0.4 is 0 Å². The van der Waals surface area contributed by atoms with Crippen molar-refractivity contribution in [3.05, 3.63) is 35.9 Å². The van der Waals surface area contributed by atoms with Crippen molar-refractivity contribution in [3.8, 4) is 0 Å². The fourth-order valence-corrected chi connectivity index (χ4v) is 3.34. The van der Waals surface area contributed by atoms with Crippen LogP contribution in [0, 0.1) is 5.92 Å². The molecule has 1 radical (unpaired) electrons. The smallest absolute Gasteiger partial charge is 0.167 e. The largest absolute Gasteiger partial charge is 0.348 e. The van der Waals surface area contributed by atoms with E-state index in [2.05, 4.69) is 13.8 Å². The SMILES string of the molecule is CC(C)C(c1ccccc1)N([O])C(C)(C)CC1(C)OCCO1. The van der Waals surface area contributed by atoms with E-state index in [4.69, 9.17) is 9.47 Å². The summed E-state index contributed by atoms with van der Waals surface area (Å²) in [5.41, 5.74) is 0.475. The van der Waals surface area contributed by atoms with E-state index in [-0.39, 0.29) is 12.0 Å². The van der Waals surface area contributed by atoms with Crippen LogP contribution in [0.2, 0.25) is 0 Å². The summed E-state index contributed by atoms with van der Waals surface area (Å²) in [4.78, 5) is 0. The maximum absolute atomic E-state index is 13.1. The predicted molar refractivity (Wildman–Crippen MR) is 85.6 cm³/mol. The van der Waals surface area contributed by atoms with Crippen molar-refractivity contribution in [3.63, 3.8) is 0 Å². The number of rotatable bonds is 6. The minimum Gasteiger partial charge on any atom is -0.348 e. The molecular formula is C18H28NO3. The van der Waals surface area contributed by atoms with Gasteiger partial charge in [0.05, 0.1) is 19.3 Å². The maximum Gasteiger partial charge on any atom is 0.167 e. The van der Waals surface area contributed by atoms with Gasteiger partial charge >= 0.3 is 0 Å². The molecule has 4 nitrogen and oxygen atoms in total. The summed E-state index contributed by atoms with van der Waals surface area (Å²) >= 11 is 0. The van der Waals surface area contributed by atoms with Crippen LogP contribution in [0.3, 0.4) is 0 Å². The molecule has 0 amide bonds. The zero-order chi connectivity index (χ0) is 16.4. The van der Waals surface area contributed by atoms with E-state index in [1.54, 1.807) is 0 Å². The second-order valence-corrected chi connectivity index (χ2v) is 7.25. The molecule has 4 heteroatoms. The Hall–Kier alpha value is -0.940. The molecule has 2 rings (SSSR count).